The van der Waals surface area contributed by atoms with Gasteiger partial charge in [0.15, 0.2) is 17.6 Å². The predicted molar refractivity (Wildman–Crippen MR) is 147 cm³/mol. The van der Waals surface area contributed by atoms with Crippen LogP contribution in [0.3, 0.4) is 0 Å². The number of piperazine rings is 1. The van der Waals surface area contributed by atoms with Gasteiger partial charge in [0.25, 0.3) is 0 Å². The summed E-state index contributed by atoms with van der Waals surface area (Å²) in [4.78, 5) is 2.29. The van der Waals surface area contributed by atoms with E-state index in [0.29, 0.717) is 61.6 Å². The normalized spacial score (nSPS) is 28.7. The minimum absolute atomic E-state index is 0.112. The van der Waals surface area contributed by atoms with Gasteiger partial charge in [-0.15, -0.1) is 0 Å². The number of benzene rings is 1. The summed E-state index contributed by atoms with van der Waals surface area (Å²) in [5.41, 5.74) is 2.08. The van der Waals surface area contributed by atoms with Crippen LogP contribution >= 0.6 is 11.5 Å². The van der Waals surface area contributed by atoms with Crippen LogP contribution in [-0.4, -0.2) is 56.5 Å². The van der Waals surface area contributed by atoms with Gasteiger partial charge in [0, 0.05) is 23.1 Å². The smallest absolute Gasteiger partial charge is 0.197 e. The topological polar surface area (TPSA) is 84.6 Å². The first-order valence-electron chi connectivity index (χ1n) is 14.3. The zero-order chi connectivity index (χ0) is 25.1. The highest BCUT2D eigenvalue weighted by atomic mass is 32.1. The summed E-state index contributed by atoms with van der Waals surface area (Å²) >= 11 is 1.54. The lowest BCUT2D eigenvalue weighted by Gasteiger charge is -2.49. The zero-order valence-electron chi connectivity index (χ0n) is 21.5. The number of rotatable bonds is 6. The number of quaternary nitrogens is 1. The average molecular weight is 523 g/mol. The second kappa shape index (κ2) is 9.17. The minimum Gasteiger partial charge on any atom is -0.633 e. The Morgan fingerprint density at radius 2 is 1.62 bits per heavy atom. The highest BCUT2D eigenvalue weighted by Crippen LogP contribution is 2.60. The van der Waals surface area contributed by atoms with E-state index in [4.69, 9.17) is 4.37 Å². The third kappa shape index (κ3) is 4.03. The van der Waals surface area contributed by atoms with Gasteiger partial charge < -0.3 is 25.0 Å². The first-order valence-corrected chi connectivity index (χ1v) is 15.1. The van der Waals surface area contributed by atoms with E-state index >= 15 is 0 Å². The molecule has 2 bridgehead atoms. The zero-order valence-corrected chi connectivity index (χ0v) is 22.3. The Hall–Kier alpha value is -2.29. The summed E-state index contributed by atoms with van der Waals surface area (Å²) in [5, 5.41) is 37.0. The van der Waals surface area contributed by atoms with Crippen LogP contribution in [0.1, 0.15) is 74.3 Å². The van der Waals surface area contributed by atoms with Gasteiger partial charge in [0.2, 0.25) is 0 Å². The maximum atomic E-state index is 13.7. The highest BCUT2D eigenvalue weighted by molar-refractivity contribution is 7.13. The molecule has 2 saturated carbocycles. The standard InChI is InChI=1S/C29H38N4O3S/c34-28-25-20-9-10-21(17-20)26(25)29(35)32(28)18-22-6-2-1-5-19(22)11-14-33(36)15-12-31(13-16-33)27-23-7-3-4-8-24(23)37-30-27/h3-4,7-8,19-22,34-35H,1-2,5-6,9-18H2. The first-order chi connectivity index (χ1) is 18.0. The van der Waals surface area contributed by atoms with E-state index in [1.54, 1.807) is 0 Å². The Labute approximate surface area is 222 Å². The molecule has 7 rings (SSSR count). The molecule has 3 aliphatic carbocycles. The van der Waals surface area contributed by atoms with E-state index in [-0.39, 0.29) is 4.65 Å². The molecule has 0 spiro atoms. The van der Waals surface area contributed by atoms with Crippen LogP contribution in [0.5, 0.6) is 11.8 Å². The molecule has 2 N–H and O–H groups in total. The van der Waals surface area contributed by atoms with Crippen LogP contribution in [0.25, 0.3) is 10.1 Å². The molecule has 3 heterocycles. The molecule has 1 aliphatic heterocycles. The molecule has 4 unspecified atom stereocenters. The largest absolute Gasteiger partial charge is 0.633 e. The molecular formula is C29H38N4O3S. The van der Waals surface area contributed by atoms with Crippen LogP contribution in [0, 0.1) is 17.0 Å². The van der Waals surface area contributed by atoms with Crippen LogP contribution < -0.4 is 4.90 Å². The monoisotopic (exact) mass is 522 g/mol. The van der Waals surface area contributed by atoms with E-state index < -0.39 is 0 Å². The molecule has 1 aromatic carbocycles. The van der Waals surface area contributed by atoms with Crippen molar-refractivity contribution in [2.24, 2.45) is 11.8 Å². The Morgan fingerprint density at radius 1 is 0.946 bits per heavy atom. The van der Waals surface area contributed by atoms with Crippen molar-refractivity contribution in [3.8, 4) is 11.8 Å². The number of aromatic nitrogens is 2. The van der Waals surface area contributed by atoms with Crippen molar-refractivity contribution in [3.05, 3.63) is 40.6 Å². The molecule has 198 valence electrons. The molecule has 2 aromatic heterocycles. The Morgan fingerprint density at radius 3 is 2.35 bits per heavy atom. The third-order valence-corrected chi connectivity index (χ3v) is 11.0. The number of nitrogens with zero attached hydrogens (tertiary/aromatic N) is 4. The Bertz CT molecular complexity index is 1260. The fourth-order valence-corrected chi connectivity index (χ4v) is 8.82. The Balaban J connectivity index is 1.00. The number of hydrogen-bond acceptors (Lipinski definition) is 6. The number of hydroxylamine groups is 3. The summed E-state index contributed by atoms with van der Waals surface area (Å²) in [5.74, 6) is 3.42. The molecule has 0 amide bonds. The van der Waals surface area contributed by atoms with Gasteiger partial charge in [-0.2, -0.15) is 4.37 Å². The van der Waals surface area contributed by atoms with Gasteiger partial charge in [0.05, 0.1) is 37.4 Å². The van der Waals surface area contributed by atoms with Gasteiger partial charge in [-0.25, -0.2) is 0 Å². The molecule has 7 nitrogen and oxygen atoms in total. The van der Waals surface area contributed by atoms with Gasteiger partial charge in [-0.3, -0.25) is 4.57 Å². The van der Waals surface area contributed by atoms with E-state index in [1.165, 1.54) is 34.5 Å². The lowest BCUT2D eigenvalue weighted by Crippen LogP contribution is -2.57. The average Bonchev–Trinajstić information content (AvgIpc) is 3.69. The summed E-state index contributed by atoms with van der Waals surface area (Å²) in [6.45, 7) is 4.07. The molecule has 0 radical (unpaired) electrons. The fraction of sp³-hybridized carbons (Fsp3) is 0.621. The quantitative estimate of drug-likeness (QED) is 0.311. The summed E-state index contributed by atoms with van der Waals surface area (Å²) in [7, 11) is 0. The van der Waals surface area contributed by atoms with Crippen molar-refractivity contribution in [1.82, 2.24) is 8.94 Å². The number of aromatic hydroxyl groups is 2. The second-order valence-corrected chi connectivity index (χ2v) is 12.9. The van der Waals surface area contributed by atoms with Crippen molar-refractivity contribution in [1.29, 1.82) is 0 Å². The third-order valence-electron chi connectivity index (χ3n) is 10.1. The molecule has 4 aliphatic rings. The molecule has 37 heavy (non-hydrogen) atoms. The summed E-state index contributed by atoms with van der Waals surface area (Å²) in [6, 6.07) is 8.35. The van der Waals surface area contributed by atoms with Gasteiger partial charge >= 0.3 is 0 Å². The summed E-state index contributed by atoms with van der Waals surface area (Å²) in [6.07, 6.45) is 8.98. The second-order valence-electron chi connectivity index (χ2n) is 12.1. The van der Waals surface area contributed by atoms with Gasteiger partial charge in [-0.1, -0.05) is 25.0 Å². The van der Waals surface area contributed by atoms with Crippen molar-refractivity contribution >= 4 is 27.4 Å². The molecule has 3 fully saturated rings. The lowest BCUT2D eigenvalue weighted by atomic mass is 9.77. The fourth-order valence-electron chi connectivity index (χ4n) is 8.02. The van der Waals surface area contributed by atoms with Crippen LogP contribution in [0.15, 0.2) is 24.3 Å². The number of fused-ring (bicyclic) bond motifs is 6. The van der Waals surface area contributed by atoms with E-state index in [0.717, 1.165) is 68.6 Å². The van der Waals surface area contributed by atoms with Crippen molar-refractivity contribution < 1.29 is 14.9 Å². The van der Waals surface area contributed by atoms with Crippen molar-refractivity contribution in [2.45, 2.75) is 69.7 Å². The van der Waals surface area contributed by atoms with Crippen LogP contribution in [-0.2, 0) is 6.54 Å². The summed E-state index contributed by atoms with van der Waals surface area (Å²) < 4.78 is 7.60. The predicted octanol–water partition coefficient (Wildman–Crippen LogP) is 5.91. The molecule has 3 aromatic rings. The SMILES string of the molecule is [O-][N+]1(CCC2CCCCC2Cn2c(O)c3c(c2O)C2CCC3C2)CCN(c2nsc3ccccc23)CC1. The van der Waals surface area contributed by atoms with Crippen LogP contribution in [0.4, 0.5) is 5.82 Å². The van der Waals surface area contributed by atoms with Gasteiger partial charge in [-0.05, 0) is 85.9 Å². The first kappa shape index (κ1) is 23.8. The van der Waals surface area contributed by atoms with Crippen molar-refractivity contribution in [3.63, 3.8) is 0 Å². The molecule has 1 saturated heterocycles. The van der Waals surface area contributed by atoms with Gasteiger partial charge in [0.1, 0.15) is 0 Å². The van der Waals surface area contributed by atoms with E-state index in [1.807, 2.05) is 10.6 Å². The maximum absolute atomic E-state index is 13.7. The highest BCUT2D eigenvalue weighted by Gasteiger charge is 2.44. The Kier molecular flexibility index (Phi) is 5.90. The lowest BCUT2D eigenvalue weighted by molar-refractivity contribution is -0.881. The van der Waals surface area contributed by atoms with E-state index in [2.05, 4.69) is 23.1 Å². The minimum atomic E-state index is -0.112. The molecular weight excluding hydrogens is 484 g/mol. The molecule has 4 atom stereocenters. The number of anilines is 1. The maximum Gasteiger partial charge on any atom is 0.197 e. The van der Waals surface area contributed by atoms with Crippen LogP contribution in [0.2, 0.25) is 0 Å². The molecule has 8 heteroatoms. The number of hydrogen-bond donors (Lipinski definition) is 2. The van der Waals surface area contributed by atoms with E-state index in [9.17, 15) is 15.4 Å². The van der Waals surface area contributed by atoms with Crippen molar-refractivity contribution in [2.75, 3.05) is 37.6 Å².